The largest absolute Gasteiger partial charge is 0.354 e. The van der Waals surface area contributed by atoms with Crippen LogP contribution in [0.5, 0.6) is 0 Å². The molecule has 1 aromatic carbocycles. The summed E-state index contributed by atoms with van der Waals surface area (Å²) in [5, 5.41) is 2.92. The zero-order chi connectivity index (χ0) is 14.0. The topological polar surface area (TPSA) is 55.1 Å². The highest BCUT2D eigenvalue weighted by atomic mass is 35.5. The molecule has 3 nitrogen and oxygen atoms in total. The third-order valence-electron chi connectivity index (χ3n) is 3.15. The summed E-state index contributed by atoms with van der Waals surface area (Å²) in [6.45, 7) is 10.3. The third-order valence-corrected chi connectivity index (χ3v) is 3.15. The van der Waals surface area contributed by atoms with Gasteiger partial charge in [-0.05, 0) is 31.9 Å². The molecule has 0 aromatic heterocycles. The first-order valence-corrected chi connectivity index (χ1v) is 6.28. The number of aryl methyl sites for hydroxylation is 1. The Bertz CT molecular complexity index is 436. The predicted molar refractivity (Wildman–Crippen MR) is 82.7 cm³/mol. The Morgan fingerprint density at radius 3 is 2.21 bits per heavy atom. The molecule has 0 spiro atoms. The summed E-state index contributed by atoms with van der Waals surface area (Å²) in [6.07, 6.45) is 0. The molecular weight excluding hydrogens is 260 g/mol. The minimum atomic E-state index is -0.832. The fraction of sp³-hybridized carbons (Fsp3) is 0.533. The zero-order valence-corrected chi connectivity index (χ0v) is 13.2. The molecule has 1 aromatic rings. The lowest BCUT2D eigenvalue weighted by molar-refractivity contribution is -0.125. The number of carbonyl (C=O) groups is 1. The van der Waals surface area contributed by atoms with Crippen LogP contribution in [0.15, 0.2) is 24.3 Å². The van der Waals surface area contributed by atoms with Crippen LogP contribution in [-0.2, 0) is 10.2 Å². The van der Waals surface area contributed by atoms with Crippen LogP contribution in [0.3, 0.4) is 0 Å². The number of rotatable bonds is 4. The molecule has 0 aliphatic rings. The van der Waals surface area contributed by atoms with Gasteiger partial charge in [0.15, 0.2) is 0 Å². The number of nitrogens with one attached hydrogen (secondary N) is 1. The molecule has 108 valence electrons. The van der Waals surface area contributed by atoms with E-state index in [0.29, 0.717) is 6.54 Å². The summed E-state index contributed by atoms with van der Waals surface area (Å²) in [5.41, 5.74) is 7.32. The number of hydrogen-bond acceptors (Lipinski definition) is 2. The molecular formula is C15H25ClN2O. The van der Waals surface area contributed by atoms with Crippen LogP contribution in [0.1, 0.15) is 38.8 Å². The van der Waals surface area contributed by atoms with E-state index in [4.69, 9.17) is 5.73 Å². The Balaban J connectivity index is 0.00000324. The quantitative estimate of drug-likeness (QED) is 0.893. The van der Waals surface area contributed by atoms with Crippen LogP contribution in [0.4, 0.5) is 0 Å². The monoisotopic (exact) mass is 284 g/mol. The van der Waals surface area contributed by atoms with Gasteiger partial charge < -0.3 is 11.1 Å². The molecule has 19 heavy (non-hydrogen) atoms. The molecule has 0 radical (unpaired) electrons. The summed E-state index contributed by atoms with van der Waals surface area (Å²) in [6, 6.07) is 8.25. The first kappa shape index (κ1) is 17.9. The number of amides is 1. The summed E-state index contributed by atoms with van der Waals surface area (Å²) >= 11 is 0. The Hall–Kier alpha value is -1.06. The van der Waals surface area contributed by atoms with E-state index in [0.717, 1.165) is 0 Å². The second-order valence-corrected chi connectivity index (χ2v) is 6.10. The fourth-order valence-corrected chi connectivity index (χ4v) is 1.96. The van der Waals surface area contributed by atoms with Crippen LogP contribution in [0.2, 0.25) is 0 Å². The van der Waals surface area contributed by atoms with E-state index in [1.807, 2.05) is 12.1 Å². The number of nitrogens with two attached hydrogens (primary N) is 1. The van der Waals surface area contributed by atoms with E-state index in [2.05, 4.69) is 38.2 Å². The summed E-state index contributed by atoms with van der Waals surface area (Å²) in [7, 11) is 0. The molecule has 0 atom stereocenters. The van der Waals surface area contributed by atoms with Crippen molar-refractivity contribution in [3.05, 3.63) is 35.4 Å². The highest BCUT2D eigenvalue weighted by Gasteiger charge is 2.27. The molecule has 0 bridgehead atoms. The summed E-state index contributed by atoms with van der Waals surface area (Å²) in [5.74, 6) is -0.121. The second-order valence-electron chi connectivity index (χ2n) is 6.10. The number of carbonyl (C=O) groups excluding carboxylic acids is 1. The number of hydrogen-bond donors (Lipinski definition) is 2. The van der Waals surface area contributed by atoms with Crippen molar-refractivity contribution >= 4 is 18.3 Å². The lowest BCUT2D eigenvalue weighted by atomic mass is 9.82. The standard InChI is InChI=1S/C15H24N2O.ClH/c1-11-8-6-7-9-12(11)14(2,3)10-17-13(18)15(4,5)16;/h6-9H,10,16H2,1-5H3,(H,17,18);1H. The normalized spacial score (nSPS) is 11.7. The van der Waals surface area contributed by atoms with Crippen molar-refractivity contribution in [1.29, 1.82) is 0 Å². The Labute approximate surface area is 122 Å². The lowest BCUT2D eigenvalue weighted by Crippen LogP contribution is -2.51. The first-order valence-electron chi connectivity index (χ1n) is 6.28. The van der Waals surface area contributed by atoms with Gasteiger partial charge in [0.05, 0.1) is 5.54 Å². The van der Waals surface area contributed by atoms with E-state index < -0.39 is 5.54 Å². The van der Waals surface area contributed by atoms with Gasteiger partial charge in [-0.1, -0.05) is 38.1 Å². The van der Waals surface area contributed by atoms with Gasteiger partial charge in [-0.25, -0.2) is 0 Å². The van der Waals surface area contributed by atoms with E-state index in [1.165, 1.54) is 11.1 Å². The molecule has 0 aliphatic heterocycles. The Kier molecular flexibility index (Phi) is 6.04. The van der Waals surface area contributed by atoms with Crippen molar-refractivity contribution in [2.24, 2.45) is 5.73 Å². The van der Waals surface area contributed by atoms with E-state index in [-0.39, 0.29) is 23.7 Å². The van der Waals surface area contributed by atoms with Crippen LogP contribution < -0.4 is 11.1 Å². The fourth-order valence-electron chi connectivity index (χ4n) is 1.96. The van der Waals surface area contributed by atoms with E-state index in [9.17, 15) is 4.79 Å². The van der Waals surface area contributed by atoms with Crippen molar-refractivity contribution in [2.75, 3.05) is 6.54 Å². The smallest absolute Gasteiger partial charge is 0.239 e. The third kappa shape index (κ3) is 4.84. The minimum Gasteiger partial charge on any atom is -0.354 e. The molecule has 0 fully saturated rings. The van der Waals surface area contributed by atoms with Crippen LogP contribution >= 0.6 is 12.4 Å². The molecule has 0 saturated heterocycles. The van der Waals surface area contributed by atoms with Crippen molar-refractivity contribution in [2.45, 2.75) is 45.6 Å². The highest BCUT2D eigenvalue weighted by molar-refractivity contribution is 5.85. The van der Waals surface area contributed by atoms with Gasteiger partial charge in [0.1, 0.15) is 0 Å². The van der Waals surface area contributed by atoms with Crippen molar-refractivity contribution in [1.82, 2.24) is 5.32 Å². The van der Waals surface area contributed by atoms with Crippen LogP contribution in [0, 0.1) is 6.92 Å². The van der Waals surface area contributed by atoms with Gasteiger partial charge in [-0.15, -0.1) is 12.4 Å². The molecule has 1 amide bonds. The first-order chi connectivity index (χ1) is 8.14. The predicted octanol–water partition coefficient (Wildman–Crippen LogP) is 2.55. The van der Waals surface area contributed by atoms with E-state index in [1.54, 1.807) is 13.8 Å². The maximum Gasteiger partial charge on any atom is 0.239 e. The van der Waals surface area contributed by atoms with Crippen LogP contribution in [0.25, 0.3) is 0 Å². The molecule has 0 saturated carbocycles. The maximum absolute atomic E-state index is 11.8. The highest BCUT2D eigenvalue weighted by Crippen LogP contribution is 2.25. The van der Waals surface area contributed by atoms with Gasteiger partial charge in [0, 0.05) is 12.0 Å². The van der Waals surface area contributed by atoms with Crippen molar-refractivity contribution < 1.29 is 4.79 Å². The van der Waals surface area contributed by atoms with E-state index >= 15 is 0 Å². The summed E-state index contributed by atoms with van der Waals surface area (Å²) < 4.78 is 0. The SMILES string of the molecule is Cc1ccccc1C(C)(C)CNC(=O)C(C)(C)N.Cl. The number of benzene rings is 1. The molecule has 0 unspecified atom stereocenters. The van der Waals surface area contributed by atoms with Gasteiger partial charge in [0.25, 0.3) is 0 Å². The number of halogens is 1. The van der Waals surface area contributed by atoms with Crippen molar-refractivity contribution in [3.8, 4) is 0 Å². The zero-order valence-electron chi connectivity index (χ0n) is 12.4. The van der Waals surface area contributed by atoms with Gasteiger partial charge in [-0.2, -0.15) is 0 Å². The lowest BCUT2D eigenvalue weighted by Gasteiger charge is -2.29. The Morgan fingerprint density at radius 2 is 1.74 bits per heavy atom. The summed E-state index contributed by atoms with van der Waals surface area (Å²) in [4.78, 5) is 11.8. The molecule has 3 N–H and O–H groups in total. The second kappa shape index (κ2) is 6.40. The van der Waals surface area contributed by atoms with Crippen LogP contribution in [-0.4, -0.2) is 18.0 Å². The average molecular weight is 285 g/mol. The molecule has 4 heteroatoms. The van der Waals surface area contributed by atoms with Gasteiger partial charge in [0.2, 0.25) is 5.91 Å². The Morgan fingerprint density at radius 1 is 1.21 bits per heavy atom. The van der Waals surface area contributed by atoms with Gasteiger partial charge in [-0.3, -0.25) is 4.79 Å². The molecule has 0 aliphatic carbocycles. The van der Waals surface area contributed by atoms with Crippen molar-refractivity contribution in [3.63, 3.8) is 0 Å². The molecule has 1 rings (SSSR count). The van der Waals surface area contributed by atoms with Gasteiger partial charge >= 0.3 is 0 Å². The maximum atomic E-state index is 11.8. The molecule has 0 heterocycles. The minimum absolute atomic E-state index is 0. The average Bonchev–Trinajstić information content (AvgIpc) is 2.25.